The summed E-state index contributed by atoms with van der Waals surface area (Å²) in [5.74, 6) is -7.99. The fourth-order valence-electron chi connectivity index (χ4n) is 18.0. The highest BCUT2D eigenvalue weighted by Crippen LogP contribution is 2.66. The number of aromatic hydroxyl groups is 1. The molecule has 5 saturated heterocycles. The van der Waals surface area contributed by atoms with E-state index in [0.29, 0.717) is 6.42 Å². The van der Waals surface area contributed by atoms with Crippen LogP contribution in [-0.4, -0.2) is 220 Å². The first-order valence-corrected chi connectivity index (χ1v) is 33.5. The quantitative estimate of drug-likeness (QED) is 0.0628. The Morgan fingerprint density at radius 2 is 1.11 bits per heavy atom. The van der Waals surface area contributed by atoms with Gasteiger partial charge in [0.2, 0.25) is 21.7 Å². The number of fused-ring (bicyclic) bond motifs is 9. The van der Waals surface area contributed by atoms with E-state index in [0.717, 1.165) is 0 Å². The first-order chi connectivity index (χ1) is 46.0. The SMILES string of the molecule is CCCC1C(OC2CCC(O)C(C)O2)C(O)C(OC2CC(O)C(O)C(C)O2)C2Cc3cc4c(OC)c(OC)c5c(oc6c(=O)c7c(O)c8c(c(=O)c=7c(=O)c65)=C(O)C5(O)C6C8OC5(CCC)C(OC5CCC(O)C(C)O5)C(O)C6OC5CC(O)C(O)C(C)O5)c4c(=O)c3=C(O)C12O. The monoisotopic (exact) mass is 1360 g/mol. The predicted octanol–water partition coefficient (Wildman–Crippen LogP) is -1.10. The Morgan fingerprint density at radius 1 is 0.546 bits per heavy atom. The highest BCUT2D eigenvalue weighted by molar-refractivity contribution is 6.20. The van der Waals surface area contributed by atoms with Crippen molar-refractivity contribution in [2.45, 2.75) is 258 Å². The molecular weight excluding hydrogens is 1280 g/mol. The number of hydrogen-bond acceptors (Lipinski definition) is 29. The van der Waals surface area contributed by atoms with Gasteiger partial charge in [-0.15, -0.1) is 0 Å². The number of ether oxygens (including phenoxy) is 11. The zero-order valence-corrected chi connectivity index (χ0v) is 54.6. The Bertz CT molecular complexity index is 4360. The molecule has 2 aromatic carbocycles. The Balaban J connectivity index is 0.974. The molecule has 11 aliphatic rings. The molecule has 13 N–H and O–H groups in total. The molecule has 0 radical (unpaired) electrons. The molecule has 530 valence electrons. The van der Waals surface area contributed by atoms with E-state index in [2.05, 4.69) is 0 Å². The van der Waals surface area contributed by atoms with E-state index in [-0.39, 0.29) is 86.7 Å². The van der Waals surface area contributed by atoms with Crippen LogP contribution in [0.5, 0.6) is 17.2 Å². The van der Waals surface area contributed by atoms with Gasteiger partial charge in [-0.3, -0.25) is 19.2 Å². The van der Waals surface area contributed by atoms with Crippen LogP contribution in [0.2, 0.25) is 0 Å². The summed E-state index contributed by atoms with van der Waals surface area (Å²) in [5, 5.41) is 151. The van der Waals surface area contributed by atoms with Crippen molar-refractivity contribution < 1.29 is 123 Å². The molecule has 2 saturated carbocycles. The van der Waals surface area contributed by atoms with E-state index in [1.54, 1.807) is 27.7 Å². The van der Waals surface area contributed by atoms with Crippen molar-refractivity contribution in [1.82, 2.24) is 0 Å². The van der Waals surface area contributed by atoms with Crippen LogP contribution in [0.4, 0.5) is 0 Å². The summed E-state index contributed by atoms with van der Waals surface area (Å²) in [4.78, 5) is 63.0. The minimum atomic E-state index is -2.84. The van der Waals surface area contributed by atoms with Crippen molar-refractivity contribution in [2.75, 3.05) is 14.2 Å². The average Bonchev–Trinajstić information content (AvgIpc) is 1.51. The number of aliphatic hydroxyl groups is 12. The van der Waals surface area contributed by atoms with Gasteiger partial charge in [-0.2, -0.15) is 0 Å². The van der Waals surface area contributed by atoms with Crippen LogP contribution in [0.25, 0.3) is 44.2 Å². The first-order valence-electron chi connectivity index (χ1n) is 33.5. The smallest absolute Gasteiger partial charge is 0.233 e. The van der Waals surface area contributed by atoms with Crippen LogP contribution < -0.4 is 41.6 Å². The molecule has 0 spiro atoms. The standard InChI is InChI=1S/C68H84O29/c1-9-11-27-56(92-33-14-12-29(69)21(3)88-33)53(80)57(93-35-19-31(71)46(73)23(5)90-35)28-18-25-17-26-38(48(75)37(25)63(82)67(27,28)84)58-44(61(87-8)55(26)86-7)42-49(76)39-40(52(79)60(42)96-58)50(77)41-43(51(39)78)64(83)68(85)45-59(41)97-66(68,16-10-2)65(95-34-15-13-30(70)22(4)89-34)54(81)62(45)94-36-20-32(72)47(74)24(6)91-36/h17,21-24,27-36,45-47,53-54,56-57,59,62,65,69-74,77,80-85H,9-16,18-20H2,1-8H3. The highest BCUT2D eigenvalue weighted by Gasteiger charge is 2.80. The van der Waals surface area contributed by atoms with Gasteiger partial charge >= 0.3 is 0 Å². The molecule has 14 rings (SSSR count). The molecule has 5 aliphatic heterocycles. The summed E-state index contributed by atoms with van der Waals surface area (Å²) in [5.41, 5.74) is -14.5. The maximum atomic E-state index is 16.0. The van der Waals surface area contributed by atoms with E-state index < -0.39 is 256 Å². The summed E-state index contributed by atoms with van der Waals surface area (Å²) >= 11 is 0. The zero-order chi connectivity index (χ0) is 69.5. The van der Waals surface area contributed by atoms with Crippen molar-refractivity contribution >= 4 is 44.2 Å². The normalized spacial score (nSPS) is 41.9. The lowest BCUT2D eigenvalue weighted by Crippen LogP contribution is -2.75. The Hall–Kier alpha value is -5.62. The third kappa shape index (κ3) is 9.73. The fourth-order valence-corrected chi connectivity index (χ4v) is 18.0. The van der Waals surface area contributed by atoms with Gasteiger partial charge in [-0.25, -0.2) is 0 Å². The van der Waals surface area contributed by atoms with Crippen LogP contribution >= 0.6 is 0 Å². The lowest BCUT2D eigenvalue weighted by Gasteiger charge is -2.56. The van der Waals surface area contributed by atoms with Crippen molar-refractivity contribution in [3.8, 4) is 17.2 Å². The molecule has 1 aromatic heterocycles. The van der Waals surface area contributed by atoms with E-state index >= 15 is 19.2 Å². The largest absolute Gasteiger partial charge is 0.508 e. The second-order valence-electron chi connectivity index (χ2n) is 28.1. The fraction of sp³-hybridized carbons (Fsp3) is 0.676. The number of rotatable bonds is 14. The zero-order valence-electron chi connectivity index (χ0n) is 54.6. The summed E-state index contributed by atoms with van der Waals surface area (Å²) in [7, 11) is 2.39. The van der Waals surface area contributed by atoms with Gasteiger partial charge in [-0.1, -0.05) is 26.7 Å². The molecule has 6 heterocycles. The minimum Gasteiger partial charge on any atom is -0.508 e. The molecule has 29 nitrogen and oxygen atoms in total. The Kier molecular flexibility index (Phi) is 17.4. The maximum Gasteiger partial charge on any atom is 0.233 e. The average molecular weight is 1370 g/mol. The Labute approximate surface area is 551 Å². The van der Waals surface area contributed by atoms with Crippen LogP contribution in [0.3, 0.4) is 0 Å². The second-order valence-corrected chi connectivity index (χ2v) is 28.1. The van der Waals surface area contributed by atoms with Crippen LogP contribution in [-0.2, 0) is 49.1 Å². The molecule has 7 fully saturated rings. The Morgan fingerprint density at radius 3 is 1.68 bits per heavy atom. The van der Waals surface area contributed by atoms with Gasteiger partial charge in [0, 0.05) is 48.5 Å². The molecule has 0 amide bonds. The summed E-state index contributed by atoms with van der Waals surface area (Å²) in [6.45, 7) is 9.70. The van der Waals surface area contributed by atoms with Crippen LogP contribution in [0, 0.1) is 28.2 Å². The third-order valence-electron chi connectivity index (χ3n) is 22.7. The van der Waals surface area contributed by atoms with Crippen molar-refractivity contribution in [1.29, 1.82) is 0 Å². The highest BCUT2D eigenvalue weighted by atomic mass is 16.7. The van der Waals surface area contributed by atoms with E-state index in [1.807, 2.05) is 0 Å². The van der Waals surface area contributed by atoms with Gasteiger partial charge in [0.1, 0.15) is 59.0 Å². The van der Waals surface area contributed by atoms with Gasteiger partial charge in [-0.05, 0) is 71.4 Å². The van der Waals surface area contributed by atoms with E-state index in [9.17, 15) is 66.4 Å². The second kappa shape index (κ2) is 24.6. The molecule has 27 unspecified atom stereocenters. The van der Waals surface area contributed by atoms with Gasteiger partial charge in [0.05, 0.1) is 130 Å². The van der Waals surface area contributed by atoms with Gasteiger partial charge in [0.25, 0.3) is 0 Å². The molecule has 4 bridgehead atoms. The van der Waals surface area contributed by atoms with Crippen molar-refractivity contribution in [3.63, 3.8) is 0 Å². The first kappa shape index (κ1) is 68.5. The molecule has 3 aromatic rings. The number of benzene rings is 2. The van der Waals surface area contributed by atoms with Crippen molar-refractivity contribution in [2.24, 2.45) is 17.8 Å². The third-order valence-corrected chi connectivity index (χ3v) is 22.7. The van der Waals surface area contributed by atoms with E-state index in [1.165, 1.54) is 34.1 Å². The van der Waals surface area contributed by atoms with Gasteiger partial charge in [0.15, 0.2) is 53.4 Å². The number of furan rings is 1. The van der Waals surface area contributed by atoms with Crippen molar-refractivity contribution in [3.05, 3.63) is 79.0 Å². The number of aliphatic hydroxyl groups excluding tert-OH is 10. The summed E-state index contributed by atoms with van der Waals surface area (Å²) in [6.07, 6.45) is -27.3. The van der Waals surface area contributed by atoms with E-state index in [4.69, 9.17) is 56.5 Å². The summed E-state index contributed by atoms with van der Waals surface area (Å²) in [6, 6.07) is 1.43. The number of methoxy groups -OCH3 is 2. The lowest BCUT2D eigenvalue weighted by atomic mass is 9.58. The lowest BCUT2D eigenvalue weighted by molar-refractivity contribution is -0.333. The molecular formula is C68H84O29. The van der Waals surface area contributed by atoms with Crippen LogP contribution in [0.1, 0.15) is 123 Å². The van der Waals surface area contributed by atoms with Crippen LogP contribution in [0.15, 0.2) is 29.7 Å². The number of hydrogen-bond donors (Lipinski definition) is 13. The molecule has 97 heavy (non-hydrogen) atoms. The molecule has 6 aliphatic carbocycles. The molecule has 29 heteroatoms. The maximum absolute atomic E-state index is 16.0. The summed E-state index contributed by atoms with van der Waals surface area (Å²) < 4.78 is 75.4. The van der Waals surface area contributed by atoms with Gasteiger partial charge < -0.3 is 123 Å². The predicted molar refractivity (Wildman–Crippen MR) is 333 cm³/mol. The topological polar surface area (TPSA) is 446 Å². The molecule has 27 atom stereocenters. The minimum absolute atomic E-state index is 0.0543.